The summed E-state index contributed by atoms with van der Waals surface area (Å²) in [6, 6.07) is 0. The monoisotopic (exact) mass is 285 g/mol. The van der Waals surface area contributed by atoms with E-state index in [0.717, 1.165) is 24.8 Å². The third-order valence-electron chi connectivity index (χ3n) is 2.97. The Labute approximate surface area is 118 Å². The fourth-order valence-corrected chi connectivity index (χ4v) is 2.31. The van der Waals surface area contributed by atoms with Crippen LogP contribution in [-0.2, 0) is 0 Å². The fourth-order valence-electron chi connectivity index (χ4n) is 1.38. The summed E-state index contributed by atoms with van der Waals surface area (Å²) in [7, 11) is 3.94. The molecule has 0 bridgehead atoms. The first-order valence-corrected chi connectivity index (χ1v) is 7.25. The molecule has 1 amide bonds. The molecule has 0 spiro atoms. The van der Waals surface area contributed by atoms with Crippen LogP contribution in [0.5, 0.6) is 0 Å². The van der Waals surface area contributed by atoms with Crippen molar-refractivity contribution >= 4 is 28.2 Å². The van der Waals surface area contributed by atoms with Gasteiger partial charge in [-0.15, -0.1) is 0 Å². The minimum atomic E-state index is -0.143. The van der Waals surface area contributed by atoms with E-state index < -0.39 is 0 Å². The number of anilines is 2. The summed E-state index contributed by atoms with van der Waals surface area (Å²) in [5.41, 5.74) is 5.79. The predicted octanol–water partition coefficient (Wildman–Crippen LogP) is 0.863. The molecule has 0 saturated carbocycles. The summed E-state index contributed by atoms with van der Waals surface area (Å²) in [4.78, 5) is 20.8. The van der Waals surface area contributed by atoms with Gasteiger partial charge in [-0.2, -0.15) is 0 Å². The molecule has 0 unspecified atom stereocenters. The number of aromatic nitrogens is 1. The number of nitrogen functional groups attached to an aromatic ring is 1. The largest absolute Gasteiger partial charge is 0.382 e. The van der Waals surface area contributed by atoms with E-state index in [0.29, 0.717) is 17.2 Å². The van der Waals surface area contributed by atoms with Crippen LogP contribution in [0.4, 0.5) is 10.9 Å². The van der Waals surface area contributed by atoms with E-state index in [1.807, 2.05) is 25.9 Å². The Bertz CT molecular complexity index is 420. The molecule has 1 aromatic rings. The lowest BCUT2D eigenvalue weighted by Gasteiger charge is -2.13. The molecule has 0 saturated heterocycles. The zero-order valence-corrected chi connectivity index (χ0v) is 12.9. The Morgan fingerprint density at radius 1 is 1.37 bits per heavy atom. The van der Waals surface area contributed by atoms with E-state index >= 15 is 0 Å². The molecule has 0 radical (unpaired) electrons. The number of rotatable bonds is 7. The maximum absolute atomic E-state index is 12.0. The van der Waals surface area contributed by atoms with Crippen LogP contribution in [0.15, 0.2) is 0 Å². The van der Waals surface area contributed by atoms with Gasteiger partial charge >= 0.3 is 0 Å². The van der Waals surface area contributed by atoms with Crippen LogP contribution in [-0.4, -0.2) is 56.1 Å². The lowest BCUT2D eigenvalue weighted by Crippen LogP contribution is -2.32. The maximum atomic E-state index is 12.0. The van der Waals surface area contributed by atoms with Crippen LogP contribution in [0.25, 0.3) is 0 Å². The Balaban J connectivity index is 2.59. The average Bonchev–Trinajstić information content (AvgIpc) is 2.79. The van der Waals surface area contributed by atoms with E-state index in [4.69, 9.17) is 5.73 Å². The Morgan fingerprint density at radius 2 is 2.05 bits per heavy atom. The van der Waals surface area contributed by atoms with E-state index in [1.165, 1.54) is 11.3 Å². The summed E-state index contributed by atoms with van der Waals surface area (Å²) in [5, 5.41) is 3.64. The number of nitrogens with two attached hydrogens (primary N) is 1. The Hall–Kier alpha value is -1.34. The van der Waals surface area contributed by atoms with Gasteiger partial charge in [0.2, 0.25) is 0 Å². The zero-order chi connectivity index (χ0) is 14.4. The van der Waals surface area contributed by atoms with Crippen LogP contribution >= 0.6 is 11.3 Å². The van der Waals surface area contributed by atoms with Gasteiger partial charge in [-0.3, -0.25) is 4.79 Å². The number of carbonyl (C=O) groups excluding carboxylic acids is 1. The average molecular weight is 285 g/mol. The minimum absolute atomic E-state index is 0.143. The molecule has 108 valence electrons. The van der Waals surface area contributed by atoms with Gasteiger partial charge in [0.15, 0.2) is 5.13 Å². The molecule has 0 aliphatic heterocycles. The van der Waals surface area contributed by atoms with Crippen molar-refractivity contribution in [1.29, 1.82) is 0 Å². The number of likely N-dealkylation sites (N-methyl/N-ethyl adjacent to an activating group) is 1. The van der Waals surface area contributed by atoms with Crippen molar-refractivity contribution < 1.29 is 4.79 Å². The first-order valence-electron chi connectivity index (χ1n) is 6.43. The zero-order valence-electron chi connectivity index (χ0n) is 12.1. The fraction of sp³-hybridized carbons (Fsp3) is 0.667. The number of hydrogen-bond donors (Lipinski definition) is 2. The summed E-state index contributed by atoms with van der Waals surface area (Å²) in [5.74, 6) is 0.164. The van der Waals surface area contributed by atoms with Gasteiger partial charge in [0.25, 0.3) is 5.91 Å². The van der Waals surface area contributed by atoms with Crippen molar-refractivity contribution in [3.63, 3.8) is 0 Å². The molecule has 6 nitrogen and oxygen atoms in total. The highest BCUT2D eigenvalue weighted by Gasteiger charge is 2.17. The molecule has 0 atom stereocenters. The van der Waals surface area contributed by atoms with Gasteiger partial charge in [0.05, 0.1) is 0 Å². The van der Waals surface area contributed by atoms with Gasteiger partial charge in [-0.1, -0.05) is 18.3 Å². The van der Waals surface area contributed by atoms with Crippen LogP contribution in [0, 0.1) is 0 Å². The number of hydrogen-bond acceptors (Lipinski definition) is 6. The third-order valence-corrected chi connectivity index (χ3v) is 4.15. The van der Waals surface area contributed by atoms with Gasteiger partial charge in [0.1, 0.15) is 10.7 Å². The summed E-state index contributed by atoms with van der Waals surface area (Å²) < 4.78 is 0. The SMILES string of the molecule is CCN(C)CCNC(=O)c1sc(N(C)CC)nc1N. The van der Waals surface area contributed by atoms with Crippen molar-refractivity contribution in [1.82, 2.24) is 15.2 Å². The third kappa shape index (κ3) is 4.36. The van der Waals surface area contributed by atoms with Crippen LogP contribution < -0.4 is 16.0 Å². The molecule has 0 aromatic carbocycles. The van der Waals surface area contributed by atoms with Crippen LogP contribution in [0.1, 0.15) is 23.5 Å². The predicted molar refractivity (Wildman–Crippen MR) is 81.0 cm³/mol. The molecule has 1 rings (SSSR count). The quantitative estimate of drug-likeness (QED) is 0.777. The lowest BCUT2D eigenvalue weighted by molar-refractivity contribution is 0.0955. The molecule has 19 heavy (non-hydrogen) atoms. The number of amides is 1. The number of nitrogens with zero attached hydrogens (tertiary/aromatic N) is 3. The minimum Gasteiger partial charge on any atom is -0.382 e. The summed E-state index contributed by atoms with van der Waals surface area (Å²) in [6.45, 7) is 7.33. The van der Waals surface area contributed by atoms with Gasteiger partial charge in [0, 0.05) is 26.7 Å². The molecule has 0 aliphatic rings. The van der Waals surface area contributed by atoms with E-state index in [-0.39, 0.29) is 5.91 Å². The molecule has 1 heterocycles. The number of nitrogens with one attached hydrogen (secondary N) is 1. The topological polar surface area (TPSA) is 74.5 Å². The van der Waals surface area contributed by atoms with E-state index in [9.17, 15) is 4.79 Å². The summed E-state index contributed by atoms with van der Waals surface area (Å²) in [6.07, 6.45) is 0. The van der Waals surface area contributed by atoms with E-state index in [1.54, 1.807) is 0 Å². The van der Waals surface area contributed by atoms with Crippen molar-refractivity contribution in [2.24, 2.45) is 0 Å². The number of thiazole rings is 1. The van der Waals surface area contributed by atoms with Gasteiger partial charge in [-0.05, 0) is 20.5 Å². The Kier molecular flexibility index (Phi) is 6.04. The summed E-state index contributed by atoms with van der Waals surface area (Å²) >= 11 is 1.33. The molecule has 0 aliphatic carbocycles. The lowest BCUT2D eigenvalue weighted by atomic mass is 10.4. The molecular formula is C12H23N5OS. The van der Waals surface area contributed by atoms with Crippen LogP contribution in [0.2, 0.25) is 0 Å². The first kappa shape index (κ1) is 15.7. The second-order valence-corrected chi connectivity index (χ2v) is 5.35. The van der Waals surface area contributed by atoms with Gasteiger partial charge in [-0.25, -0.2) is 4.98 Å². The molecular weight excluding hydrogens is 262 g/mol. The Morgan fingerprint density at radius 3 is 2.63 bits per heavy atom. The van der Waals surface area contributed by atoms with E-state index in [2.05, 4.69) is 22.1 Å². The van der Waals surface area contributed by atoms with Crippen molar-refractivity contribution in [2.45, 2.75) is 13.8 Å². The van der Waals surface area contributed by atoms with Crippen LogP contribution in [0.3, 0.4) is 0 Å². The maximum Gasteiger partial charge on any atom is 0.265 e. The highest BCUT2D eigenvalue weighted by molar-refractivity contribution is 7.18. The van der Waals surface area contributed by atoms with Crippen molar-refractivity contribution in [2.75, 3.05) is 50.9 Å². The second kappa shape index (κ2) is 7.30. The second-order valence-electron chi connectivity index (χ2n) is 4.38. The molecule has 1 aromatic heterocycles. The smallest absolute Gasteiger partial charge is 0.265 e. The van der Waals surface area contributed by atoms with Crippen molar-refractivity contribution in [3.05, 3.63) is 4.88 Å². The highest BCUT2D eigenvalue weighted by atomic mass is 32.1. The molecule has 0 fully saturated rings. The number of carbonyl (C=O) groups is 1. The highest BCUT2D eigenvalue weighted by Crippen LogP contribution is 2.26. The molecule has 3 N–H and O–H groups in total. The van der Waals surface area contributed by atoms with Crippen molar-refractivity contribution in [3.8, 4) is 0 Å². The first-order chi connectivity index (χ1) is 8.99. The normalized spacial score (nSPS) is 10.8. The standard InChI is InChI=1S/C12H23N5OS/c1-5-16(3)8-7-14-11(18)9-10(13)15-12(19-9)17(4)6-2/h5-8,13H2,1-4H3,(H,14,18). The molecule has 7 heteroatoms. The van der Waals surface area contributed by atoms with Gasteiger partial charge < -0.3 is 20.9 Å².